The third-order valence-corrected chi connectivity index (χ3v) is 11.1. The van der Waals surface area contributed by atoms with E-state index in [-0.39, 0.29) is 19.0 Å². The fourth-order valence-corrected chi connectivity index (χ4v) is 7.72. The second-order valence-corrected chi connectivity index (χ2v) is 14.5. The molecule has 0 N–H and O–H groups in total. The number of hydrogen-bond acceptors (Lipinski definition) is 9. The van der Waals surface area contributed by atoms with Crippen LogP contribution >= 0.6 is 0 Å². The summed E-state index contributed by atoms with van der Waals surface area (Å²) in [4.78, 5) is 16.8. The van der Waals surface area contributed by atoms with Crippen LogP contribution in [-0.2, 0) is 23.0 Å². The number of rotatable bonds is 11. The Hall–Kier alpha value is -3.72. The molecule has 2 aromatic carbocycles. The fourth-order valence-electron chi connectivity index (χ4n) is 6.63. The lowest BCUT2D eigenvalue weighted by Crippen LogP contribution is -2.55. The van der Waals surface area contributed by atoms with E-state index in [2.05, 4.69) is 84.6 Å². The van der Waals surface area contributed by atoms with Gasteiger partial charge in [0.2, 0.25) is 10.0 Å². The molecular weight excluding hydrogens is 586 g/mol. The van der Waals surface area contributed by atoms with Gasteiger partial charge in [0, 0.05) is 60.8 Å². The topological polar surface area (TPSA) is 106 Å². The van der Waals surface area contributed by atoms with Crippen molar-refractivity contribution in [3.8, 4) is 12.1 Å². The van der Waals surface area contributed by atoms with Gasteiger partial charge in [-0.2, -0.15) is 19.5 Å². The SMILES string of the molecule is C=CS(=O)(=O)N1CCN(c2nc(OC[C@H](C)N(C)CC3CC3)nc3c2CCN(c2cccc4cccc(C)c24)C3)C[C@@H]1CC#N. The molecule has 0 unspecified atom stereocenters. The molecule has 2 fully saturated rings. The number of piperazine rings is 1. The highest BCUT2D eigenvalue weighted by atomic mass is 32.2. The molecule has 2 atom stereocenters. The highest BCUT2D eigenvalue weighted by Crippen LogP contribution is 2.36. The second-order valence-electron chi connectivity index (χ2n) is 12.7. The predicted molar refractivity (Wildman–Crippen MR) is 178 cm³/mol. The van der Waals surface area contributed by atoms with Crippen molar-refractivity contribution < 1.29 is 13.2 Å². The first-order valence-corrected chi connectivity index (χ1v) is 17.4. The van der Waals surface area contributed by atoms with Gasteiger partial charge in [-0.15, -0.1) is 0 Å². The van der Waals surface area contributed by atoms with Crippen molar-refractivity contribution in [2.24, 2.45) is 5.92 Å². The van der Waals surface area contributed by atoms with Crippen LogP contribution in [0.2, 0.25) is 0 Å². The average Bonchev–Trinajstić information content (AvgIpc) is 3.87. The molecule has 6 rings (SSSR count). The molecular formula is C34H43N7O3S. The van der Waals surface area contributed by atoms with Crippen molar-refractivity contribution >= 4 is 32.3 Å². The first-order valence-electron chi connectivity index (χ1n) is 15.9. The molecule has 0 radical (unpaired) electrons. The number of nitriles is 1. The van der Waals surface area contributed by atoms with E-state index < -0.39 is 16.1 Å². The standard InChI is InChI=1S/C34H43N7O3S/c1-5-45(42,43)41-19-18-40(21-28(41)14-16-35)33-29-15-17-39(31-11-7-10-27-9-6-8-24(2)32(27)31)22-30(29)36-34(37-33)44-23-25(3)38(4)20-26-12-13-26/h5-11,25-26,28H,1,12-15,17-23H2,2-4H3/t25-,28-/m0/s1. The van der Waals surface area contributed by atoms with E-state index in [1.165, 1.54) is 39.2 Å². The predicted octanol–water partition coefficient (Wildman–Crippen LogP) is 4.49. The Bertz CT molecular complexity index is 1710. The number of aromatic nitrogens is 2. The molecule has 3 aromatic rings. The number of fused-ring (bicyclic) bond motifs is 2. The smallest absolute Gasteiger partial charge is 0.318 e. The lowest BCUT2D eigenvalue weighted by molar-refractivity contribution is 0.160. The number of hydrogen-bond donors (Lipinski definition) is 0. The van der Waals surface area contributed by atoms with Crippen molar-refractivity contribution in [1.29, 1.82) is 5.26 Å². The molecule has 3 aliphatic rings. The fraction of sp³-hybridized carbons (Fsp3) is 0.500. The zero-order chi connectivity index (χ0) is 31.7. The summed E-state index contributed by atoms with van der Waals surface area (Å²) in [6.07, 6.45) is 3.42. The van der Waals surface area contributed by atoms with E-state index in [1.54, 1.807) is 0 Å². The first-order chi connectivity index (χ1) is 21.7. The van der Waals surface area contributed by atoms with Crippen LogP contribution in [0.25, 0.3) is 10.8 Å². The molecule has 45 heavy (non-hydrogen) atoms. The molecule has 0 bridgehead atoms. The van der Waals surface area contributed by atoms with Crippen LogP contribution in [0.1, 0.15) is 43.0 Å². The van der Waals surface area contributed by atoms with Gasteiger partial charge < -0.3 is 19.4 Å². The van der Waals surface area contributed by atoms with E-state index in [9.17, 15) is 13.7 Å². The van der Waals surface area contributed by atoms with Crippen LogP contribution in [0.5, 0.6) is 6.01 Å². The zero-order valence-corrected chi connectivity index (χ0v) is 27.3. The van der Waals surface area contributed by atoms with Gasteiger partial charge in [-0.05, 0) is 63.1 Å². The Morgan fingerprint density at radius 3 is 2.67 bits per heavy atom. The minimum Gasteiger partial charge on any atom is -0.462 e. The average molecular weight is 630 g/mol. The van der Waals surface area contributed by atoms with Gasteiger partial charge in [0.1, 0.15) is 12.4 Å². The number of anilines is 2. The molecule has 238 valence electrons. The van der Waals surface area contributed by atoms with Crippen LogP contribution in [0.4, 0.5) is 11.5 Å². The van der Waals surface area contributed by atoms with Crippen LogP contribution in [-0.4, -0.2) is 86.1 Å². The van der Waals surface area contributed by atoms with Crippen LogP contribution < -0.4 is 14.5 Å². The zero-order valence-electron chi connectivity index (χ0n) is 26.5. The van der Waals surface area contributed by atoms with Crippen LogP contribution in [0.15, 0.2) is 48.4 Å². The Morgan fingerprint density at radius 1 is 1.16 bits per heavy atom. The number of ether oxygens (including phenoxy) is 1. The Kier molecular flexibility index (Phi) is 9.00. The maximum atomic E-state index is 12.8. The minimum absolute atomic E-state index is 0.0826. The van der Waals surface area contributed by atoms with Crippen LogP contribution in [0.3, 0.4) is 0 Å². The summed E-state index contributed by atoms with van der Waals surface area (Å²) in [6.45, 7) is 11.8. The monoisotopic (exact) mass is 629 g/mol. The maximum absolute atomic E-state index is 12.8. The molecule has 1 aromatic heterocycles. The molecule has 11 heteroatoms. The molecule has 1 aliphatic carbocycles. The van der Waals surface area contributed by atoms with Gasteiger partial charge in [-0.1, -0.05) is 36.9 Å². The van der Waals surface area contributed by atoms with Gasteiger partial charge in [0.15, 0.2) is 0 Å². The summed E-state index contributed by atoms with van der Waals surface area (Å²) in [6, 6.07) is 15.1. The van der Waals surface area contributed by atoms with Gasteiger partial charge in [0.25, 0.3) is 0 Å². The van der Waals surface area contributed by atoms with Gasteiger partial charge in [0.05, 0.1) is 30.8 Å². The highest BCUT2D eigenvalue weighted by Gasteiger charge is 2.36. The molecule has 3 heterocycles. The summed E-state index contributed by atoms with van der Waals surface area (Å²) >= 11 is 0. The van der Waals surface area contributed by atoms with E-state index in [0.717, 1.165) is 47.9 Å². The van der Waals surface area contributed by atoms with Crippen molar-refractivity contribution in [1.82, 2.24) is 19.2 Å². The van der Waals surface area contributed by atoms with E-state index >= 15 is 0 Å². The maximum Gasteiger partial charge on any atom is 0.318 e. The Labute approximate surface area is 267 Å². The van der Waals surface area contributed by atoms with E-state index in [0.29, 0.717) is 32.3 Å². The Morgan fingerprint density at radius 2 is 1.93 bits per heavy atom. The molecule has 0 spiro atoms. The second kappa shape index (κ2) is 12.9. The highest BCUT2D eigenvalue weighted by molar-refractivity contribution is 7.92. The number of nitrogens with zero attached hydrogens (tertiary/aromatic N) is 7. The van der Waals surface area contributed by atoms with Gasteiger partial charge in [-0.25, -0.2) is 8.42 Å². The molecule has 10 nitrogen and oxygen atoms in total. The third-order valence-electron chi connectivity index (χ3n) is 9.50. The Balaban J connectivity index is 1.32. The number of likely N-dealkylation sites (N-methyl/N-ethyl adjacent to an activating group) is 1. The summed E-state index contributed by atoms with van der Waals surface area (Å²) in [5.74, 6) is 1.57. The van der Waals surface area contributed by atoms with Crippen LogP contribution in [0, 0.1) is 24.2 Å². The van der Waals surface area contributed by atoms with Crippen molar-refractivity contribution in [2.75, 3.05) is 56.2 Å². The normalized spacial score (nSPS) is 19.8. The largest absolute Gasteiger partial charge is 0.462 e. The number of sulfonamides is 1. The summed E-state index contributed by atoms with van der Waals surface area (Å²) in [5, 5.41) is 13.0. The van der Waals surface area contributed by atoms with Crippen molar-refractivity contribution in [3.05, 3.63) is 65.2 Å². The summed E-state index contributed by atoms with van der Waals surface area (Å²) in [7, 11) is -1.52. The van der Waals surface area contributed by atoms with Gasteiger partial charge >= 0.3 is 6.01 Å². The van der Waals surface area contributed by atoms with E-state index in [4.69, 9.17) is 14.7 Å². The van der Waals surface area contributed by atoms with Gasteiger partial charge in [-0.3, -0.25) is 0 Å². The molecule has 0 amide bonds. The summed E-state index contributed by atoms with van der Waals surface area (Å²) < 4.78 is 33.2. The number of benzene rings is 2. The third kappa shape index (κ3) is 6.64. The van der Waals surface area contributed by atoms with E-state index in [1.807, 2.05) is 0 Å². The summed E-state index contributed by atoms with van der Waals surface area (Å²) in [5.41, 5.74) is 4.40. The van der Waals surface area contributed by atoms with Crippen molar-refractivity contribution in [2.45, 2.75) is 58.2 Å². The van der Waals surface area contributed by atoms with Crippen molar-refractivity contribution in [3.63, 3.8) is 0 Å². The lowest BCUT2D eigenvalue weighted by Gasteiger charge is -2.41. The minimum atomic E-state index is -3.66. The quantitative estimate of drug-likeness (QED) is 0.303. The molecule has 1 saturated carbocycles. The lowest BCUT2D eigenvalue weighted by atomic mass is 9.99. The molecule has 2 aliphatic heterocycles. The molecule has 1 saturated heterocycles. The first kappa shape index (κ1) is 31.3. The number of aryl methyl sites for hydroxylation is 1.